The topological polar surface area (TPSA) is 72.3 Å². The third-order valence-electron chi connectivity index (χ3n) is 3.86. The zero-order chi connectivity index (χ0) is 14.5. The Bertz CT molecular complexity index is 470. The summed E-state index contributed by atoms with van der Waals surface area (Å²) in [7, 11) is 0. The third-order valence-corrected chi connectivity index (χ3v) is 3.86. The van der Waals surface area contributed by atoms with Crippen LogP contribution in [-0.2, 0) is 17.9 Å². The van der Waals surface area contributed by atoms with Crippen molar-refractivity contribution in [3.8, 4) is 0 Å². The normalized spacial score (nSPS) is 17.3. The molecule has 0 aromatic heterocycles. The molecule has 1 aliphatic rings. The van der Waals surface area contributed by atoms with E-state index in [4.69, 9.17) is 11.5 Å². The first kappa shape index (κ1) is 14.9. The summed E-state index contributed by atoms with van der Waals surface area (Å²) in [5, 5.41) is 0. The number of amides is 1. The lowest BCUT2D eigenvalue weighted by atomic mass is 9.93. The summed E-state index contributed by atoms with van der Waals surface area (Å²) in [5.74, 6) is -0.0522. The first-order valence-electron chi connectivity index (χ1n) is 7.06. The van der Waals surface area contributed by atoms with Crippen LogP contribution in [0.5, 0.6) is 0 Å². The van der Waals surface area contributed by atoms with Crippen LogP contribution in [0.15, 0.2) is 18.2 Å². The second kappa shape index (κ2) is 6.81. The fraction of sp³-hybridized carbons (Fsp3) is 0.533. The molecule has 0 spiro atoms. The number of carbonyl (C=O) groups excluding carboxylic acids is 1. The van der Waals surface area contributed by atoms with Gasteiger partial charge in [0.2, 0.25) is 5.91 Å². The molecule has 2 rings (SSSR count). The molecule has 1 fully saturated rings. The third kappa shape index (κ3) is 4.28. The quantitative estimate of drug-likeness (QED) is 0.855. The van der Waals surface area contributed by atoms with Gasteiger partial charge in [-0.05, 0) is 55.1 Å². The molecule has 1 saturated heterocycles. The van der Waals surface area contributed by atoms with Gasteiger partial charge >= 0.3 is 0 Å². The van der Waals surface area contributed by atoms with E-state index in [0.29, 0.717) is 18.9 Å². The highest BCUT2D eigenvalue weighted by molar-refractivity contribution is 5.73. The average Bonchev–Trinajstić information content (AvgIpc) is 2.39. The van der Waals surface area contributed by atoms with E-state index in [-0.39, 0.29) is 11.7 Å². The molecule has 0 atom stereocenters. The van der Waals surface area contributed by atoms with Crippen molar-refractivity contribution in [2.75, 3.05) is 13.1 Å². The molecule has 0 saturated carbocycles. The van der Waals surface area contributed by atoms with Crippen molar-refractivity contribution in [2.24, 2.45) is 17.4 Å². The monoisotopic (exact) mass is 279 g/mol. The fourth-order valence-electron chi connectivity index (χ4n) is 2.82. The second-order valence-corrected chi connectivity index (χ2v) is 5.56. The average molecular weight is 279 g/mol. The summed E-state index contributed by atoms with van der Waals surface area (Å²) in [5.41, 5.74) is 12.6. The minimum absolute atomic E-state index is 0.221. The summed E-state index contributed by atoms with van der Waals surface area (Å²) in [4.78, 5) is 13.2. The van der Waals surface area contributed by atoms with E-state index in [1.807, 2.05) is 6.07 Å². The predicted octanol–water partition coefficient (Wildman–Crippen LogP) is 1.37. The summed E-state index contributed by atoms with van der Waals surface area (Å²) >= 11 is 0. The van der Waals surface area contributed by atoms with Crippen molar-refractivity contribution in [1.82, 2.24) is 4.90 Å². The van der Waals surface area contributed by atoms with E-state index in [1.165, 1.54) is 6.07 Å². The van der Waals surface area contributed by atoms with Crippen LogP contribution in [0.4, 0.5) is 4.39 Å². The van der Waals surface area contributed by atoms with Crippen LogP contribution in [-0.4, -0.2) is 23.9 Å². The number of rotatable bonds is 5. The molecule has 5 heteroatoms. The van der Waals surface area contributed by atoms with E-state index in [9.17, 15) is 9.18 Å². The van der Waals surface area contributed by atoms with Crippen molar-refractivity contribution in [3.05, 3.63) is 35.1 Å². The highest BCUT2D eigenvalue weighted by Crippen LogP contribution is 2.22. The lowest BCUT2D eigenvalue weighted by Gasteiger charge is -2.31. The lowest BCUT2D eigenvalue weighted by Crippen LogP contribution is -2.34. The van der Waals surface area contributed by atoms with Gasteiger partial charge < -0.3 is 11.5 Å². The summed E-state index contributed by atoms with van der Waals surface area (Å²) in [6.45, 7) is 2.93. The first-order valence-corrected chi connectivity index (χ1v) is 7.06. The second-order valence-electron chi connectivity index (χ2n) is 5.56. The van der Waals surface area contributed by atoms with E-state index in [2.05, 4.69) is 4.90 Å². The number of hydrogen-bond donors (Lipinski definition) is 2. The fourth-order valence-corrected chi connectivity index (χ4v) is 2.82. The Hall–Kier alpha value is -1.46. The molecule has 1 amide bonds. The first-order chi connectivity index (χ1) is 9.56. The van der Waals surface area contributed by atoms with Gasteiger partial charge in [0.15, 0.2) is 0 Å². The molecule has 110 valence electrons. The molecule has 4 nitrogen and oxygen atoms in total. The molecular formula is C15H22FN3O. The van der Waals surface area contributed by atoms with Crippen LogP contribution >= 0.6 is 0 Å². The molecule has 1 aromatic rings. The molecular weight excluding hydrogens is 257 g/mol. The maximum atomic E-state index is 13.4. The van der Waals surface area contributed by atoms with E-state index in [1.54, 1.807) is 6.07 Å². The number of likely N-dealkylation sites (tertiary alicyclic amines) is 1. The van der Waals surface area contributed by atoms with Gasteiger partial charge in [-0.2, -0.15) is 0 Å². The Labute approximate surface area is 118 Å². The van der Waals surface area contributed by atoms with Gasteiger partial charge in [-0.3, -0.25) is 9.69 Å². The summed E-state index contributed by atoms with van der Waals surface area (Å²) < 4.78 is 13.4. The molecule has 0 aliphatic carbocycles. The summed E-state index contributed by atoms with van der Waals surface area (Å²) in [6, 6.07) is 5.00. The number of hydrogen-bond acceptors (Lipinski definition) is 3. The number of piperidine rings is 1. The van der Waals surface area contributed by atoms with Gasteiger partial charge in [0.25, 0.3) is 0 Å². The molecule has 1 aromatic carbocycles. The van der Waals surface area contributed by atoms with Crippen molar-refractivity contribution >= 4 is 5.91 Å². The number of nitrogens with zero attached hydrogens (tertiary/aromatic N) is 1. The smallest absolute Gasteiger partial charge is 0.217 e. The zero-order valence-corrected chi connectivity index (χ0v) is 11.6. The number of carbonyl (C=O) groups is 1. The van der Waals surface area contributed by atoms with Crippen molar-refractivity contribution < 1.29 is 9.18 Å². The summed E-state index contributed by atoms with van der Waals surface area (Å²) in [6.07, 6.45) is 2.43. The molecule has 0 radical (unpaired) electrons. The maximum Gasteiger partial charge on any atom is 0.217 e. The highest BCUT2D eigenvalue weighted by Gasteiger charge is 2.20. The lowest BCUT2D eigenvalue weighted by molar-refractivity contribution is -0.119. The number of halogens is 1. The van der Waals surface area contributed by atoms with Crippen LogP contribution < -0.4 is 11.5 Å². The number of primary amides is 1. The van der Waals surface area contributed by atoms with Crippen molar-refractivity contribution in [1.29, 1.82) is 0 Å². The van der Waals surface area contributed by atoms with Crippen LogP contribution in [0.3, 0.4) is 0 Å². The van der Waals surface area contributed by atoms with Gasteiger partial charge in [0.1, 0.15) is 5.82 Å². The van der Waals surface area contributed by atoms with E-state index < -0.39 is 0 Å². The molecule has 4 N–H and O–H groups in total. The van der Waals surface area contributed by atoms with Crippen molar-refractivity contribution in [3.63, 3.8) is 0 Å². The Morgan fingerprint density at radius 1 is 1.25 bits per heavy atom. The van der Waals surface area contributed by atoms with Crippen LogP contribution in [0.2, 0.25) is 0 Å². The van der Waals surface area contributed by atoms with Gasteiger partial charge in [0, 0.05) is 19.5 Å². The molecule has 0 unspecified atom stereocenters. The van der Waals surface area contributed by atoms with Crippen LogP contribution in [0.25, 0.3) is 0 Å². The van der Waals surface area contributed by atoms with E-state index >= 15 is 0 Å². The zero-order valence-electron chi connectivity index (χ0n) is 11.6. The Balaban J connectivity index is 1.89. The van der Waals surface area contributed by atoms with Gasteiger partial charge in [-0.15, -0.1) is 0 Å². The Kier molecular flexibility index (Phi) is 5.09. The minimum atomic E-state index is -0.230. The molecule has 1 aliphatic heterocycles. The Morgan fingerprint density at radius 2 is 1.90 bits per heavy atom. The Morgan fingerprint density at radius 3 is 2.50 bits per heavy atom. The standard InChI is InChI=1S/C15H22FN3O/c16-14-6-12(9-17)5-13(7-14)10-19-3-1-11(2-4-19)8-15(18)20/h5-7,11H,1-4,8-10,17H2,(H2,18,20). The van der Waals surface area contributed by atoms with Crippen molar-refractivity contribution in [2.45, 2.75) is 32.4 Å². The molecule has 0 bridgehead atoms. The number of benzene rings is 1. The van der Waals surface area contributed by atoms with E-state index in [0.717, 1.165) is 43.6 Å². The van der Waals surface area contributed by atoms with Gasteiger partial charge in [-0.1, -0.05) is 6.07 Å². The van der Waals surface area contributed by atoms with Crippen LogP contribution in [0.1, 0.15) is 30.4 Å². The van der Waals surface area contributed by atoms with Gasteiger partial charge in [-0.25, -0.2) is 4.39 Å². The van der Waals surface area contributed by atoms with Crippen LogP contribution in [0, 0.1) is 11.7 Å². The maximum absolute atomic E-state index is 13.4. The highest BCUT2D eigenvalue weighted by atomic mass is 19.1. The van der Waals surface area contributed by atoms with Gasteiger partial charge in [0.05, 0.1) is 0 Å². The minimum Gasteiger partial charge on any atom is -0.370 e. The predicted molar refractivity (Wildman–Crippen MR) is 76.1 cm³/mol. The molecule has 1 heterocycles. The molecule has 20 heavy (non-hydrogen) atoms. The number of nitrogens with two attached hydrogens (primary N) is 2. The SMILES string of the molecule is NCc1cc(F)cc(CN2CCC(CC(N)=O)CC2)c1. The largest absolute Gasteiger partial charge is 0.370 e.